The number of likely N-dealkylation sites (N-methyl/N-ethyl adjacent to an activating group) is 1. The first kappa shape index (κ1) is 28.1. The standard InChI is InChI=1S/C27H27F3N4O4S/c1-18(32-2)16-19-8-12-22(13-9-19)37-17-38-25-24(20-6-4-3-5-7-20)34(33-26(25)27(28,29)30)21-10-14-23(15-11-21)39(31,35)36/h3-15,18,32H,16-17H2,1-2H3,(H2,31,35,36). The fourth-order valence-corrected chi connectivity index (χ4v) is 4.39. The average Bonchev–Trinajstić information content (AvgIpc) is 3.30. The van der Waals surface area contributed by atoms with Gasteiger partial charge in [-0.1, -0.05) is 42.5 Å². The second-order valence-corrected chi connectivity index (χ2v) is 10.3. The Balaban J connectivity index is 1.69. The van der Waals surface area contributed by atoms with Crippen LogP contribution in [-0.4, -0.2) is 38.1 Å². The number of hydrogen-bond acceptors (Lipinski definition) is 6. The molecule has 0 spiro atoms. The molecule has 1 aromatic heterocycles. The maximum absolute atomic E-state index is 14.1. The summed E-state index contributed by atoms with van der Waals surface area (Å²) in [6, 6.07) is 20.8. The van der Waals surface area contributed by atoms with E-state index in [4.69, 9.17) is 14.6 Å². The van der Waals surface area contributed by atoms with E-state index >= 15 is 0 Å². The predicted octanol–water partition coefficient (Wildman–Crippen LogP) is 4.77. The van der Waals surface area contributed by atoms with E-state index in [1.54, 1.807) is 42.5 Å². The molecular formula is C27H27F3N4O4S. The molecule has 0 saturated heterocycles. The molecule has 39 heavy (non-hydrogen) atoms. The molecule has 0 fully saturated rings. The number of nitrogens with two attached hydrogens (primary N) is 1. The number of aromatic nitrogens is 2. The highest BCUT2D eigenvalue weighted by Crippen LogP contribution is 2.43. The molecule has 0 amide bonds. The quantitative estimate of drug-likeness (QED) is 0.271. The number of hydrogen-bond donors (Lipinski definition) is 2. The molecule has 206 valence electrons. The monoisotopic (exact) mass is 560 g/mol. The molecule has 0 aliphatic heterocycles. The summed E-state index contributed by atoms with van der Waals surface area (Å²) >= 11 is 0. The minimum atomic E-state index is -4.85. The molecule has 0 saturated carbocycles. The first-order valence-electron chi connectivity index (χ1n) is 11.9. The van der Waals surface area contributed by atoms with Gasteiger partial charge in [-0.25, -0.2) is 18.2 Å². The summed E-state index contributed by atoms with van der Waals surface area (Å²) in [6.45, 7) is 1.54. The summed E-state index contributed by atoms with van der Waals surface area (Å²) in [4.78, 5) is -0.188. The van der Waals surface area contributed by atoms with Crippen molar-refractivity contribution in [2.24, 2.45) is 5.14 Å². The first-order chi connectivity index (χ1) is 18.5. The van der Waals surface area contributed by atoms with Crippen LogP contribution in [0.15, 0.2) is 83.8 Å². The molecule has 1 unspecified atom stereocenters. The van der Waals surface area contributed by atoms with E-state index in [-0.39, 0.29) is 22.3 Å². The zero-order valence-electron chi connectivity index (χ0n) is 21.1. The Morgan fingerprint density at radius 2 is 1.62 bits per heavy atom. The van der Waals surface area contributed by atoms with E-state index in [2.05, 4.69) is 17.3 Å². The molecule has 0 radical (unpaired) electrons. The van der Waals surface area contributed by atoms with Gasteiger partial charge in [0.2, 0.25) is 22.5 Å². The van der Waals surface area contributed by atoms with Crippen LogP contribution in [0.3, 0.4) is 0 Å². The van der Waals surface area contributed by atoms with E-state index in [1.165, 1.54) is 24.3 Å². The number of ether oxygens (including phenoxy) is 2. The molecule has 3 aromatic carbocycles. The van der Waals surface area contributed by atoms with Gasteiger partial charge in [-0.2, -0.15) is 18.3 Å². The van der Waals surface area contributed by atoms with E-state index in [0.717, 1.165) is 16.7 Å². The van der Waals surface area contributed by atoms with Crippen molar-refractivity contribution >= 4 is 10.0 Å². The number of alkyl halides is 3. The Bertz CT molecular complexity index is 1510. The van der Waals surface area contributed by atoms with Crippen LogP contribution in [0.4, 0.5) is 13.2 Å². The van der Waals surface area contributed by atoms with E-state index < -0.39 is 34.4 Å². The number of benzene rings is 3. The van der Waals surface area contributed by atoms with E-state index in [1.807, 2.05) is 19.2 Å². The maximum atomic E-state index is 14.1. The highest BCUT2D eigenvalue weighted by atomic mass is 32.2. The van der Waals surface area contributed by atoms with Gasteiger partial charge in [0.1, 0.15) is 11.4 Å². The fourth-order valence-electron chi connectivity index (χ4n) is 3.87. The Labute approximate surface area is 224 Å². The highest BCUT2D eigenvalue weighted by molar-refractivity contribution is 7.89. The third-order valence-electron chi connectivity index (χ3n) is 5.95. The van der Waals surface area contributed by atoms with Crippen LogP contribution in [-0.2, 0) is 22.6 Å². The van der Waals surface area contributed by atoms with Gasteiger partial charge >= 0.3 is 6.18 Å². The molecule has 1 atom stereocenters. The van der Waals surface area contributed by atoms with Crippen molar-refractivity contribution in [1.82, 2.24) is 15.1 Å². The molecule has 4 aromatic rings. The molecule has 0 bridgehead atoms. The third-order valence-corrected chi connectivity index (χ3v) is 6.88. The summed E-state index contributed by atoms with van der Waals surface area (Å²) in [7, 11) is -2.12. The lowest BCUT2D eigenvalue weighted by Crippen LogP contribution is -2.23. The SMILES string of the molecule is CNC(C)Cc1ccc(OCOc2c(C(F)(F)F)nn(-c3ccc(S(N)(=O)=O)cc3)c2-c2ccccc2)cc1. The van der Waals surface area contributed by atoms with Gasteiger partial charge in [0.15, 0.2) is 5.75 Å². The number of rotatable bonds is 10. The smallest absolute Gasteiger partial charge is 0.438 e. The lowest BCUT2D eigenvalue weighted by Gasteiger charge is -2.14. The number of nitrogens with zero attached hydrogens (tertiary/aromatic N) is 2. The van der Waals surface area contributed by atoms with Crippen molar-refractivity contribution < 1.29 is 31.1 Å². The third kappa shape index (κ3) is 6.77. The second-order valence-electron chi connectivity index (χ2n) is 8.79. The Morgan fingerprint density at radius 1 is 0.974 bits per heavy atom. The van der Waals surface area contributed by atoms with Crippen LogP contribution < -0.4 is 19.9 Å². The molecule has 0 aliphatic carbocycles. The molecule has 1 heterocycles. The van der Waals surface area contributed by atoms with Crippen molar-refractivity contribution in [2.45, 2.75) is 30.5 Å². The number of primary sulfonamides is 1. The summed E-state index contributed by atoms with van der Waals surface area (Å²) in [5, 5.41) is 12.1. The fraction of sp³-hybridized carbons (Fsp3) is 0.222. The summed E-state index contributed by atoms with van der Waals surface area (Å²) < 4.78 is 77.9. The molecule has 12 heteroatoms. The van der Waals surface area contributed by atoms with E-state index in [9.17, 15) is 21.6 Å². The molecule has 0 aliphatic rings. The van der Waals surface area contributed by atoms with Gasteiger partial charge in [0.05, 0.1) is 10.6 Å². The van der Waals surface area contributed by atoms with Gasteiger partial charge in [-0.15, -0.1) is 0 Å². The first-order valence-corrected chi connectivity index (χ1v) is 13.4. The topological polar surface area (TPSA) is 108 Å². The minimum absolute atomic E-state index is 0.0197. The van der Waals surface area contributed by atoms with Crippen LogP contribution in [0.2, 0.25) is 0 Å². The Kier molecular flexibility index (Phi) is 8.28. The second kappa shape index (κ2) is 11.5. The van der Waals surface area contributed by atoms with Crippen LogP contribution in [0.5, 0.6) is 11.5 Å². The summed E-state index contributed by atoms with van der Waals surface area (Å²) in [6.07, 6.45) is -4.05. The average molecular weight is 561 g/mol. The van der Waals surface area contributed by atoms with Crippen LogP contribution >= 0.6 is 0 Å². The molecule has 3 N–H and O–H groups in total. The van der Waals surface area contributed by atoms with Gasteiger partial charge in [-0.3, -0.25) is 0 Å². The lowest BCUT2D eigenvalue weighted by atomic mass is 10.1. The van der Waals surface area contributed by atoms with Gasteiger partial charge < -0.3 is 14.8 Å². The number of halogens is 3. The summed E-state index contributed by atoms with van der Waals surface area (Å²) in [5.74, 6) is -0.0969. The summed E-state index contributed by atoms with van der Waals surface area (Å²) in [5.41, 5.74) is 0.414. The van der Waals surface area contributed by atoms with Crippen molar-refractivity contribution in [3.05, 3.63) is 90.1 Å². The van der Waals surface area contributed by atoms with E-state index in [0.29, 0.717) is 11.3 Å². The van der Waals surface area contributed by atoms with Gasteiger partial charge in [0.25, 0.3) is 0 Å². The minimum Gasteiger partial charge on any atom is -0.457 e. The van der Waals surface area contributed by atoms with Crippen LogP contribution in [0, 0.1) is 0 Å². The van der Waals surface area contributed by atoms with Crippen LogP contribution in [0.1, 0.15) is 18.2 Å². The predicted molar refractivity (Wildman–Crippen MR) is 140 cm³/mol. The van der Waals surface area contributed by atoms with Crippen molar-refractivity contribution in [2.75, 3.05) is 13.8 Å². The maximum Gasteiger partial charge on any atom is 0.438 e. The lowest BCUT2D eigenvalue weighted by molar-refractivity contribution is -0.143. The van der Waals surface area contributed by atoms with Crippen molar-refractivity contribution in [3.63, 3.8) is 0 Å². The highest BCUT2D eigenvalue weighted by Gasteiger charge is 2.41. The van der Waals surface area contributed by atoms with Gasteiger partial charge in [-0.05, 0) is 62.4 Å². The number of nitrogens with one attached hydrogen (secondary N) is 1. The Morgan fingerprint density at radius 3 is 2.18 bits per heavy atom. The Hall–Kier alpha value is -3.87. The van der Waals surface area contributed by atoms with Crippen molar-refractivity contribution in [3.8, 4) is 28.4 Å². The molecular weight excluding hydrogens is 533 g/mol. The van der Waals surface area contributed by atoms with Crippen molar-refractivity contribution in [1.29, 1.82) is 0 Å². The zero-order valence-corrected chi connectivity index (χ0v) is 22.0. The van der Waals surface area contributed by atoms with Gasteiger partial charge in [0, 0.05) is 11.6 Å². The molecule has 8 nitrogen and oxygen atoms in total. The molecule has 4 rings (SSSR count). The van der Waals surface area contributed by atoms with Crippen LogP contribution in [0.25, 0.3) is 16.9 Å². The largest absolute Gasteiger partial charge is 0.457 e. The number of sulfonamides is 1. The normalized spacial score (nSPS) is 12.8. The zero-order chi connectivity index (χ0) is 28.2.